The van der Waals surface area contributed by atoms with Gasteiger partial charge < -0.3 is 9.32 Å². The maximum absolute atomic E-state index is 13.3. The molecule has 13 nitrogen and oxygen atoms in total. The number of nitrogens with zero attached hydrogens (tertiary/aromatic N) is 4. The minimum Gasteiger partial charge on any atom is -0.422 e. The lowest BCUT2D eigenvalue weighted by molar-refractivity contribution is -0.120. The molecule has 1 saturated heterocycles. The van der Waals surface area contributed by atoms with E-state index in [1.807, 2.05) is 22.9 Å². The molecule has 42 heavy (non-hydrogen) atoms. The van der Waals surface area contributed by atoms with Gasteiger partial charge in [-0.05, 0) is 41.8 Å². The average Bonchev–Trinajstić information content (AvgIpc) is 3.58. The van der Waals surface area contributed by atoms with E-state index in [4.69, 9.17) is 9.56 Å². The molecule has 5 rings (SSSR count). The van der Waals surface area contributed by atoms with Crippen LogP contribution in [0.4, 0.5) is 0 Å². The van der Waals surface area contributed by atoms with Crippen molar-refractivity contribution >= 4 is 53.3 Å². The Bertz CT molecular complexity index is 1860. The summed E-state index contributed by atoms with van der Waals surface area (Å²) in [7, 11) is -7.84. The van der Waals surface area contributed by atoms with Crippen LogP contribution >= 0.6 is 11.3 Å². The summed E-state index contributed by atoms with van der Waals surface area (Å²) >= 11 is 1.17. The van der Waals surface area contributed by atoms with E-state index < -0.39 is 31.8 Å². The zero-order valence-corrected chi connectivity index (χ0v) is 25.0. The molecule has 4 aromatic rings. The summed E-state index contributed by atoms with van der Waals surface area (Å²) in [6.45, 7) is 2.15. The lowest BCUT2D eigenvalue weighted by atomic mass is 10.0. The number of sulfone groups is 1. The van der Waals surface area contributed by atoms with E-state index in [1.54, 1.807) is 36.1 Å². The quantitative estimate of drug-likeness (QED) is 0.262. The maximum atomic E-state index is 13.3. The van der Waals surface area contributed by atoms with Crippen molar-refractivity contribution in [2.45, 2.75) is 38.0 Å². The molecule has 222 valence electrons. The molecule has 1 atom stereocenters. The summed E-state index contributed by atoms with van der Waals surface area (Å²) in [6.07, 6.45) is 1.08. The number of Topliss-reactive ketones (excluding diaryl/α,β-unsaturated/α-hetero) is 1. The first-order chi connectivity index (χ1) is 19.9. The van der Waals surface area contributed by atoms with Crippen LogP contribution < -0.4 is 9.86 Å². The Kier molecular flexibility index (Phi) is 8.52. The molecule has 2 aromatic heterocycles. The van der Waals surface area contributed by atoms with Gasteiger partial charge in [-0.3, -0.25) is 9.59 Å². The third kappa shape index (κ3) is 6.73. The summed E-state index contributed by atoms with van der Waals surface area (Å²) in [5.41, 5.74) is 2.69. The van der Waals surface area contributed by atoms with Gasteiger partial charge in [0.25, 0.3) is 16.1 Å². The van der Waals surface area contributed by atoms with Crippen molar-refractivity contribution in [1.29, 1.82) is 0 Å². The lowest BCUT2D eigenvalue weighted by Crippen LogP contribution is -2.38. The molecule has 2 aromatic carbocycles. The molecular formula is C26H28N6O7S3. The number of piperidine rings is 1. The van der Waals surface area contributed by atoms with E-state index in [0.29, 0.717) is 48.1 Å². The van der Waals surface area contributed by atoms with Gasteiger partial charge in [-0.15, -0.1) is 21.5 Å². The number of thiazole rings is 1. The maximum Gasteiger partial charge on any atom is 0.274 e. The van der Waals surface area contributed by atoms with Crippen LogP contribution in [-0.2, 0) is 31.4 Å². The molecule has 1 amide bonds. The highest BCUT2D eigenvalue weighted by molar-refractivity contribution is 7.92. The number of carbonyl (C=O) groups is 2. The number of rotatable bonds is 10. The fraction of sp³-hybridized carbons (Fsp3) is 0.346. The molecule has 0 saturated carbocycles. The number of aromatic nitrogens is 3. The van der Waals surface area contributed by atoms with Gasteiger partial charge in [-0.1, -0.05) is 25.1 Å². The Labute approximate surface area is 246 Å². The average molecular weight is 633 g/mol. The summed E-state index contributed by atoms with van der Waals surface area (Å²) in [6, 6.07) is 12.7. The summed E-state index contributed by atoms with van der Waals surface area (Å²) in [5.74, 6) is -0.497. The van der Waals surface area contributed by atoms with Gasteiger partial charge >= 0.3 is 0 Å². The fourth-order valence-electron chi connectivity index (χ4n) is 4.63. The first kappa shape index (κ1) is 29.9. The molecule has 1 aliphatic heterocycles. The minimum atomic E-state index is -4.02. The molecule has 1 fully saturated rings. The molecule has 0 aliphatic carbocycles. The van der Waals surface area contributed by atoms with Gasteiger partial charge in [0.15, 0.2) is 15.1 Å². The molecule has 1 aliphatic rings. The van der Waals surface area contributed by atoms with Crippen molar-refractivity contribution in [2.24, 2.45) is 5.14 Å². The van der Waals surface area contributed by atoms with E-state index in [9.17, 15) is 26.4 Å². The van der Waals surface area contributed by atoms with Crippen molar-refractivity contribution in [1.82, 2.24) is 24.8 Å². The molecule has 0 spiro atoms. The van der Waals surface area contributed by atoms with Crippen LogP contribution in [0.25, 0.3) is 21.3 Å². The Morgan fingerprint density at radius 2 is 1.83 bits per heavy atom. The third-order valence-electron chi connectivity index (χ3n) is 6.66. The minimum absolute atomic E-state index is 0.132. The van der Waals surface area contributed by atoms with Crippen LogP contribution in [0.1, 0.15) is 58.6 Å². The number of benzene rings is 2. The first-order valence-corrected chi connectivity index (χ1v) is 17.1. The number of likely N-dealkylation sites (tertiary alicyclic amines) is 1. The van der Waals surface area contributed by atoms with Crippen LogP contribution in [-0.4, -0.2) is 67.4 Å². The molecule has 1 unspecified atom stereocenters. The standard InChI is InChI=1S/C26H28N6O7S3/c1-2-12-41(35,36)23(24-31-30-22(39-24)15-28-42(27,37)38)25-29-20-7-6-17(14-21(20)40-25)16-4-3-5-18(13-16)26(34)32-10-8-19(33)9-11-32/h3-7,13-14,23,28H,2,8-12,15H2,1H3,(H2,27,37,38). The number of hydrogen-bond acceptors (Lipinski definition) is 11. The number of amides is 1. The van der Waals surface area contributed by atoms with Crippen molar-refractivity contribution < 1.29 is 30.8 Å². The SMILES string of the molecule is CCCS(=O)(=O)C(c1nnc(CNS(N)(=O)=O)o1)c1nc2ccc(-c3cccc(C(=O)N4CCC(=O)CC4)c3)cc2s1. The normalized spacial score (nSPS) is 15.3. The van der Waals surface area contributed by atoms with Crippen LogP contribution in [0, 0.1) is 0 Å². The fourth-order valence-corrected chi connectivity index (χ4v) is 8.09. The second-order valence-corrected chi connectivity index (χ2v) is 14.4. The monoisotopic (exact) mass is 632 g/mol. The van der Waals surface area contributed by atoms with Gasteiger partial charge in [-0.25, -0.2) is 18.5 Å². The molecule has 3 N–H and O–H groups in total. The van der Waals surface area contributed by atoms with Crippen molar-refractivity contribution in [2.75, 3.05) is 18.8 Å². The highest BCUT2D eigenvalue weighted by Gasteiger charge is 2.36. The summed E-state index contributed by atoms with van der Waals surface area (Å²) in [5, 5.41) is 11.5. The Hall–Kier alpha value is -3.57. The molecule has 16 heteroatoms. The van der Waals surface area contributed by atoms with Gasteiger partial charge in [0, 0.05) is 31.5 Å². The second-order valence-electron chi connectivity index (χ2n) is 9.79. The van der Waals surface area contributed by atoms with E-state index in [0.717, 1.165) is 11.1 Å². The van der Waals surface area contributed by atoms with Crippen LogP contribution in [0.2, 0.25) is 0 Å². The second kappa shape index (κ2) is 12.0. The van der Waals surface area contributed by atoms with E-state index in [-0.39, 0.29) is 34.2 Å². The van der Waals surface area contributed by atoms with Crippen molar-refractivity contribution in [3.05, 3.63) is 64.8 Å². The van der Waals surface area contributed by atoms with Crippen molar-refractivity contribution in [3.8, 4) is 11.1 Å². The number of ketones is 1. The largest absolute Gasteiger partial charge is 0.422 e. The Balaban J connectivity index is 1.46. The Morgan fingerprint density at radius 1 is 1.10 bits per heavy atom. The third-order valence-corrected chi connectivity index (χ3v) is 10.6. The summed E-state index contributed by atoms with van der Waals surface area (Å²) in [4.78, 5) is 30.9. The van der Waals surface area contributed by atoms with Crippen LogP contribution in [0.15, 0.2) is 46.9 Å². The lowest BCUT2D eigenvalue weighted by Gasteiger charge is -2.26. The zero-order chi connectivity index (χ0) is 30.1. The Morgan fingerprint density at radius 3 is 2.55 bits per heavy atom. The van der Waals surface area contributed by atoms with Crippen LogP contribution in [0.5, 0.6) is 0 Å². The predicted molar refractivity (Wildman–Crippen MR) is 155 cm³/mol. The smallest absolute Gasteiger partial charge is 0.274 e. The highest BCUT2D eigenvalue weighted by Crippen LogP contribution is 2.37. The van der Waals surface area contributed by atoms with E-state index in [2.05, 4.69) is 15.2 Å². The molecule has 0 radical (unpaired) electrons. The van der Waals surface area contributed by atoms with Crippen LogP contribution in [0.3, 0.4) is 0 Å². The van der Waals surface area contributed by atoms with E-state index in [1.165, 1.54) is 11.3 Å². The topological polar surface area (TPSA) is 196 Å². The predicted octanol–water partition coefficient (Wildman–Crippen LogP) is 2.36. The van der Waals surface area contributed by atoms with Gasteiger partial charge in [0.2, 0.25) is 11.8 Å². The zero-order valence-electron chi connectivity index (χ0n) is 22.5. The molecule has 3 heterocycles. The summed E-state index contributed by atoms with van der Waals surface area (Å²) < 4.78 is 57.4. The number of nitrogens with two attached hydrogens (primary N) is 1. The number of fused-ring (bicyclic) bond motifs is 1. The van der Waals surface area contributed by atoms with E-state index >= 15 is 0 Å². The number of nitrogens with one attached hydrogen (secondary N) is 1. The van der Waals surface area contributed by atoms with Crippen molar-refractivity contribution in [3.63, 3.8) is 0 Å². The molecule has 0 bridgehead atoms. The van der Waals surface area contributed by atoms with Gasteiger partial charge in [0.05, 0.1) is 22.5 Å². The highest BCUT2D eigenvalue weighted by atomic mass is 32.2. The van der Waals surface area contributed by atoms with Gasteiger partial charge in [0.1, 0.15) is 10.8 Å². The first-order valence-electron chi connectivity index (χ1n) is 13.1. The number of hydrogen-bond donors (Lipinski definition) is 2. The number of carbonyl (C=O) groups excluding carboxylic acids is 2. The molecular weight excluding hydrogens is 605 g/mol. The van der Waals surface area contributed by atoms with Gasteiger partial charge in [-0.2, -0.15) is 13.1 Å².